The summed E-state index contributed by atoms with van der Waals surface area (Å²) in [6.07, 6.45) is 0. The van der Waals surface area contributed by atoms with E-state index in [0.29, 0.717) is 12.1 Å². The van der Waals surface area contributed by atoms with Crippen LogP contribution in [-0.4, -0.2) is 22.6 Å². The molecule has 0 unspecified atom stereocenters. The third kappa shape index (κ3) is 3.23. The lowest BCUT2D eigenvalue weighted by molar-refractivity contribution is -0.112. The van der Waals surface area contributed by atoms with Crippen LogP contribution in [0.3, 0.4) is 0 Å². The number of hydrogen-bond acceptors (Lipinski definition) is 4. The molecule has 1 aliphatic rings. The zero-order valence-corrected chi connectivity index (χ0v) is 14.9. The number of phenols is 1. The van der Waals surface area contributed by atoms with E-state index < -0.39 is 5.91 Å². The monoisotopic (exact) mass is 371 g/mol. The second-order valence-corrected chi connectivity index (χ2v) is 6.31. The zero-order chi connectivity index (χ0) is 19.5. The summed E-state index contributed by atoms with van der Waals surface area (Å²) in [6.45, 7) is 0.406. The van der Waals surface area contributed by atoms with Crippen molar-refractivity contribution in [2.24, 2.45) is 5.10 Å². The Bertz CT molecular complexity index is 1080. The fourth-order valence-electron chi connectivity index (χ4n) is 3.13. The van der Waals surface area contributed by atoms with E-state index in [1.165, 1.54) is 12.1 Å². The number of rotatable bonds is 4. The molecule has 138 valence electrons. The van der Waals surface area contributed by atoms with E-state index in [-0.39, 0.29) is 22.9 Å². The number of fused-ring (bicyclic) bond motifs is 1. The molecular weight excluding hydrogens is 354 g/mol. The third-order valence-electron chi connectivity index (χ3n) is 4.50. The molecule has 6 nitrogen and oxygen atoms in total. The van der Waals surface area contributed by atoms with Crippen LogP contribution in [0.4, 0.5) is 5.69 Å². The highest BCUT2D eigenvalue weighted by Gasteiger charge is 2.34. The summed E-state index contributed by atoms with van der Waals surface area (Å²) in [7, 11) is 0. The first kappa shape index (κ1) is 17.5. The molecule has 0 radical (unpaired) electrons. The van der Waals surface area contributed by atoms with Crippen molar-refractivity contribution in [1.29, 1.82) is 0 Å². The smallest absolute Gasteiger partial charge is 0.279 e. The fourth-order valence-corrected chi connectivity index (χ4v) is 3.13. The summed E-state index contributed by atoms with van der Waals surface area (Å²) in [5.41, 5.74) is 5.02. The molecule has 0 atom stereocenters. The van der Waals surface area contributed by atoms with Gasteiger partial charge in [-0.25, -0.2) is 5.43 Å². The van der Waals surface area contributed by atoms with Crippen molar-refractivity contribution < 1.29 is 14.7 Å². The largest absolute Gasteiger partial charge is 0.507 e. The van der Waals surface area contributed by atoms with E-state index >= 15 is 0 Å². The van der Waals surface area contributed by atoms with Gasteiger partial charge in [-0.1, -0.05) is 60.7 Å². The Morgan fingerprint density at radius 3 is 2.39 bits per heavy atom. The van der Waals surface area contributed by atoms with Crippen molar-refractivity contribution in [3.63, 3.8) is 0 Å². The lowest BCUT2D eigenvalue weighted by Crippen LogP contribution is -2.31. The van der Waals surface area contributed by atoms with Crippen molar-refractivity contribution in [2.75, 3.05) is 4.90 Å². The zero-order valence-electron chi connectivity index (χ0n) is 14.9. The molecule has 4 rings (SSSR count). The third-order valence-corrected chi connectivity index (χ3v) is 4.50. The van der Waals surface area contributed by atoms with Crippen LogP contribution in [0.2, 0.25) is 0 Å². The molecule has 0 saturated heterocycles. The average Bonchev–Trinajstić information content (AvgIpc) is 2.99. The molecule has 3 aromatic carbocycles. The van der Waals surface area contributed by atoms with Gasteiger partial charge in [0.2, 0.25) is 0 Å². The van der Waals surface area contributed by atoms with Gasteiger partial charge in [-0.15, -0.1) is 0 Å². The number of benzene rings is 3. The number of para-hydroxylation sites is 2. The molecule has 1 aliphatic heterocycles. The SMILES string of the molecule is O=C(N/N=C1\C(=O)N(Cc2ccccc2)c2ccccc21)c1ccccc1O. The van der Waals surface area contributed by atoms with Crippen molar-refractivity contribution in [2.45, 2.75) is 6.54 Å². The Labute approximate surface area is 161 Å². The van der Waals surface area contributed by atoms with Gasteiger partial charge in [0.1, 0.15) is 5.75 Å². The van der Waals surface area contributed by atoms with Gasteiger partial charge in [-0.2, -0.15) is 5.10 Å². The van der Waals surface area contributed by atoms with E-state index in [1.54, 1.807) is 23.1 Å². The minimum atomic E-state index is -0.586. The Balaban J connectivity index is 1.62. The molecule has 3 aromatic rings. The van der Waals surface area contributed by atoms with E-state index in [1.807, 2.05) is 48.5 Å². The van der Waals surface area contributed by atoms with Crippen LogP contribution in [0.5, 0.6) is 5.75 Å². The maximum Gasteiger partial charge on any atom is 0.279 e. The van der Waals surface area contributed by atoms with Crippen molar-refractivity contribution in [1.82, 2.24) is 5.43 Å². The van der Waals surface area contributed by atoms with E-state index in [0.717, 1.165) is 11.3 Å². The molecule has 0 spiro atoms. The normalized spacial score (nSPS) is 14.2. The van der Waals surface area contributed by atoms with Gasteiger partial charge in [0, 0.05) is 5.56 Å². The number of amides is 2. The number of nitrogens with one attached hydrogen (secondary N) is 1. The predicted octanol–water partition coefficient (Wildman–Crippen LogP) is 3.07. The molecule has 2 N–H and O–H groups in total. The molecular formula is C22H17N3O3. The summed E-state index contributed by atoms with van der Waals surface area (Å²) in [5, 5.41) is 13.9. The number of aromatic hydroxyl groups is 1. The van der Waals surface area contributed by atoms with Gasteiger partial charge in [0.15, 0.2) is 5.71 Å². The van der Waals surface area contributed by atoms with Crippen LogP contribution in [-0.2, 0) is 11.3 Å². The average molecular weight is 371 g/mol. The Hall–Kier alpha value is -3.93. The second-order valence-electron chi connectivity index (χ2n) is 6.31. The first-order chi connectivity index (χ1) is 13.6. The lowest BCUT2D eigenvalue weighted by Gasteiger charge is -2.16. The molecule has 28 heavy (non-hydrogen) atoms. The predicted molar refractivity (Wildman–Crippen MR) is 106 cm³/mol. The maximum absolute atomic E-state index is 13.0. The Kier molecular flexibility index (Phi) is 4.60. The summed E-state index contributed by atoms with van der Waals surface area (Å²) in [6, 6.07) is 23.1. The summed E-state index contributed by atoms with van der Waals surface area (Å²) >= 11 is 0. The standard InChI is InChI=1S/C22H17N3O3/c26-19-13-7-5-11-17(19)21(27)24-23-20-16-10-4-6-12-18(16)25(22(20)28)14-15-8-2-1-3-9-15/h1-13,26H,14H2,(H,24,27)/b23-20-. The van der Waals surface area contributed by atoms with Gasteiger partial charge in [0.05, 0.1) is 17.8 Å². The van der Waals surface area contributed by atoms with Crippen LogP contribution in [0.1, 0.15) is 21.5 Å². The molecule has 0 aliphatic carbocycles. The first-order valence-electron chi connectivity index (χ1n) is 8.76. The highest BCUT2D eigenvalue weighted by molar-refractivity contribution is 6.54. The van der Waals surface area contributed by atoms with Crippen LogP contribution in [0.25, 0.3) is 0 Å². The van der Waals surface area contributed by atoms with Gasteiger partial charge in [-0.3, -0.25) is 9.59 Å². The van der Waals surface area contributed by atoms with E-state index in [9.17, 15) is 14.7 Å². The lowest BCUT2D eigenvalue weighted by atomic mass is 10.1. The Morgan fingerprint density at radius 2 is 1.61 bits per heavy atom. The van der Waals surface area contributed by atoms with Gasteiger partial charge in [0.25, 0.3) is 11.8 Å². The number of hydrazone groups is 1. The van der Waals surface area contributed by atoms with Gasteiger partial charge >= 0.3 is 0 Å². The van der Waals surface area contributed by atoms with Crippen molar-refractivity contribution in [3.8, 4) is 5.75 Å². The molecule has 0 saturated carbocycles. The molecule has 1 heterocycles. The number of phenolic OH excluding ortho intramolecular Hbond substituents is 1. The van der Waals surface area contributed by atoms with E-state index in [2.05, 4.69) is 10.5 Å². The van der Waals surface area contributed by atoms with Crippen molar-refractivity contribution in [3.05, 3.63) is 95.6 Å². The second kappa shape index (κ2) is 7.36. The van der Waals surface area contributed by atoms with Crippen LogP contribution >= 0.6 is 0 Å². The highest BCUT2D eigenvalue weighted by Crippen LogP contribution is 2.30. The number of hydrogen-bond donors (Lipinski definition) is 2. The quantitative estimate of drug-likeness (QED) is 0.692. The number of anilines is 1. The van der Waals surface area contributed by atoms with Crippen LogP contribution < -0.4 is 10.3 Å². The first-order valence-corrected chi connectivity index (χ1v) is 8.76. The summed E-state index contributed by atoms with van der Waals surface area (Å²) in [5.74, 6) is -1.02. The van der Waals surface area contributed by atoms with Crippen molar-refractivity contribution >= 4 is 23.2 Å². The summed E-state index contributed by atoms with van der Waals surface area (Å²) < 4.78 is 0. The minimum Gasteiger partial charge on any atom is -0.507 e. The van der Waals surface area contributed by atoms with Gasteiger partial charge in [-0.05, 0) is 23.8 Å². The molecule has 0 bridgehead atoms. The van der Waals surface area contributed by atoms with Crippen LogP contribution in [0, 0.1) is 0 Å². The maximum atomic E-state index is 13.0. The Morgan fingerprint density at radius 1 is 0.929 bits per heavy atom. The highest BCUT2D eigenvalue weighted by atomic mass is 16.3. The topological polar surface area (TPSA) is 82.0 Å². The molecule has 6 heteroatoms. The summed E-state index contributed by atoms with van der Waals surface area (Å²) in [4.78, 5) is 26.9. The number of carbonyl (C=O) groups excluding carboxylic acids is 2. The van der Waals surface area contributed by atoms with Crippen LogP contribution in [0.15, 0.2) is 84.0 Å². The van der Waals surface area contributed by atoms with E-state index in [4.69, 9.17) is 0 Å². The molecule has 0 fully saturated rings. The molecule has 0 aromatic heterocycles. The number of carbonyl (C=O) groups is 2. The molecule has 2 amide bonds. The van der Waals surface area contributed by atoms with Gasteiger partial charge < -0.3 is 10.0 Å². The minimum absolute atomic E-state index is 0.0896. The number of nitrogens with zero attached hydrogens (tertiary/aromatic N) is 2. The fraction of sp³-hybridized carbons (Fsp3) is 0.0455.